The van der Waals surface area contributed by atoms with Crippen LogP contribution in [0.15, 0.2) is 0 Å². The highest BCUT2D eigenvalue weighted by Gasteiger charge is 2.19. The van der Waals surface area contributed by atoms with Crippen molar-refractivity contribution in [3.8, 4) is 0 Å². The van der Waals surface area contributed by atoms with Crippen LogP contribution in [0.5, 0.6) is 0 Å². The minimum Gasteiger partial charge on any atom is -0.374 e. The number of rotatable bonds is 5. The lowest BCUT2D eigenvalue weighted by Gasteiger charge is -2.07. The first kappa shape index (κ1) is 9.64. The molecule has 0 radical (unpaired) electrons. The van der Waals surface area contributed by atoms with Crippen molar-refractivity contribution in [3.05, 3.63) is 0 Å². The Morgan fingerprint density at radius 1 is 1.50 bits per heavy atom. The fourth-order valence-corrected chi connectivity index (χ4v) is 0.986. The van der Waals surface area contributed by atoms with E-state index in [0.717, 1.165) is 0 Å². The van der Waals surface area contributed by atoms with Crippen LogP contribution in [0.3, 0.4) is 0 Å². The van der Waals surface area contributed by atoms with E-state index in [1.807, 2.05) is 6.92 Å². The Hall–Kier alpha value is -0.450. The Kier molecular flexibility index (Phi) is 4.21. The van der Waals surface area contributed by atoms with Gasteiger partial charge < -0.3 is 14.2 Å². The van der Waals surface area contributed by atoms with Gasteiger partial charge >= 0.3 is 0 Å². The van der Waals surface area contributed by atoms with Crippen LogP contribution in [0.1, 0.15) is 13.3 Å². The van der Waals surface area contributed by atoms with Gasteiger partial charge in [-0.1, -0.05) is 0 Å². The molecule has 0 atom stereocenters. The van der Waals surface area contributed by atoms with Gasteiger partial charge in [0.2, 0.25) is 0 Å². The van der Waals surface area contributed by atoms with Crippen LogP contribution in [-0.4, -0.2) is 38.5 Å². The summed E-state index contributed by atoms with van der Waals surface area (Å²) in [5.41, 5.74) is 0. The molecule has 4 heteroatoms. The Labute approximate surface area is 71.8 Å². The number of ketones is 1. The molecule has 0 bridgehead atoms. The Morgan fingerprint density at radius 2 is 2.17 bits per heavy atom. The lowest BCUT2D eigenvalue weighted by Crippen LogP contribution is -2.18. The molecule has 70 valence electrons. The molecule has 1 fully saturated rings. The molecular weight excluding hydrogens is 160 g/mol. The summed E-state index contributed by atoms with van der Waals surface area (Å²) in [6.07, 6.45) is -0.0297. The second-order valence-corrected chi connectivity index (χ2v) is 2.55. The third-order valence-corrected chi connectivity index (χ3v) is 1.55. The number of carbonyl (C=O) groups excluding carboxylic acids is 1. The monoisotopic (exact) mass is 174 g/mol. The maximum Gasteiger partial charge on any atom is 0.164 e. The molecule has 1 aliphatic heterocycles. The van der Waals surface area contributed by atoms with Crippen LogP contribution in [0.25, 0.3) is 0 Å². The van der Waals surface area contributed by atoms with Crippen molar-refractivity contribution in [2.75, 3.05) is 26.4 Å². The van der Waals surface area contributed by atoms with Crippen LogP contribution < -0.4 is 0 Å². The average Bonchev–Trinajstić information content (AvgIpc) is 2.53. The van der Waals surface area contributed by atoms with E-state index in [0.29, 0.717) is 26.2 Å². The molecule has 0 amide bonds. The van der Waals surface area contributed by atoms with Gasteiger partial charge in [-0.3, -0.25) is 4.79 Å². The van der Waals surface area contributed by atoms with Crippen LogP contribution in [0, 0.1) is 0 Å². The van der Waals surface area contributed by atoms with E-state index in [2.05, 4.69) is 0 Å². The van der Waals surface area contributed by atoms with E-state index in [1.54, 1.807) is 0 Å². The predicted molar refractivity (Wildman–Crippen MR) is 41.8 cm³/mol. The normalized spacial score (nSPS) is 18.4. The van der Waals surface area contributed by atoms with E-state index in [-0.39, 0.29) is 18.7 Å². The molecule has 0 aromatic rings. The first-order valence-electron chi connectivity index (χ1n) is 4.15. The molecule has 1 heterocycles. The van der Waals surface area contributed by atoms with Crippen molar-refractivity contribution >= 4 is 5.78 Å². The highest BCUT2D eigenvalue weighted by atomic mass is 16.7. The molecule has 0 aromatic heterocycles. The Morgan fingerprint density at radius 3 is 2.75 bits per heavy atom. The number of ether oxygens (including phenoxy) is 3. The van der Waals surface area contributed by atoms with Crippen LogP contribution in [0.4, 0.5) is 0 Å². The smallest absolute Gasteiger partial charge is 0.164 e. The standard InChI is InChI=1S/C8H14O4/c1-2-10-6-7(9)5-8-11-3-4-12-8/h8H,2-6H2,1H3. The van der Waals surface area contributed by atoms with Gasteiger partial charge in [-0.25, -0.2) is 0 Å². The highest BCUT2D eigenvalue weighted by molar-refractivity contribution is 5.79. The summed E-state index contributed by atoms with van der Waals surface area (Å²) < 4.78 is 15.2. The van der Waals surface area contributed by atoms with Gasteiger partial charge in [-0.2, -0.15) is 0 Å². The SMILES string of the molecule is CCOCC(=O)CC1OCCO1. The largest absolute Gasteiger partial charge is 0.374 e. The third kappa shape index (κ3) is 3.30. The van der Waals surface area contributed by atoms with Crippen LogP contribution in [-0.2, 0) is 19.0 Å². The summed E-state index contributed by atoms with van der Waals surface area (Å²) in [5, 5.41) is 0. The van der Waals surface area contributed by atoms with Gasteiger partial charge in [0.05, 0.1) is 19.6 Å². The quantitative estimate of drug-likeness (QED) is 0.603. The molecule has 1 aliphatic rings. The van der Waals surface area contributed by atoms with E-state index < -0.39 is 0 Å². The molecular formula is C8H14O4. The molecule has 0 N–H and O–H groups in total. The zero-order valence-electron chi connectivity index (χ0n) is 7.25. The third-order valence-electron chi connectivity index (χ3n) is 1.55. The summed E-state index contributed by atoms with van der Waals surface area (Å²) in [7, 11) is 0. The van der Waals surface area contributed by atoms with Crippen molar-refractivity contribution in [3.63, 3.8) is 0 Å². The summed E-state index contributed by atoms with van der Waals surface area (Å²) >= 11 is 0. The van der Waals surface area contributed by atoms with Gasteiger partial charge in [0, 0.05) is 6.61 Å². The molecule has 4 nitrogen and oxygen atoms in total. The van der Waals surface area contributed by atoms with E-state index in [4.69, 9.17) is 14.2 Å². The molecule has 0 unspecified atom stereocenters. The lowest BCUT2D eigenvalue weighted by molar-refractivity contribution is -0.131. The zero-order chi connectivity index (χ0) is 8.81. The van der Waals surface area contributed by atoms with Crippen molar-refractivity contribution < 1.29 is 19.0 Å². The molecule has 0 spiro atoms. The number of hydrogen-bond donors (Lipinski definition) is 0. The van der Waals surface area contributed by atoms with Crippen molar-refractivity contribution in [1.29, 1.82) is 0 Å². The summed E-state index contributed by atoms with van der Waals surface area (Å²) in [6.45, 7) is 3.77. The Balaban J connectivity index is 2.08. The van der Waals surface area contributed by atoms with Gasteiger partial charge in [-0.05, 0) is 6.92 Å². The van der Waals surface area contributed by atoms with Gasteiger partial charge in [0.25, 0.3) is 0 Å². The van der Waals surface area contributed by atoms with Gasteiger partial charge in [0.15, 0.2) is 12.1 Å². The second-order valence-electron chi connectivity index (χ2n) is 2.55. The van der Waals surface area contributed by atoms with Crippen LogP contribution >= 0.6 is 0 Å². The first-order chi connectivity index (χ1) is 5.83. The van der Waals surface area contributed by atoms with E-state index >= 15 is 0 Å². The minimum atomic E-state index is -0.335. The summed E-state index contributed by atoms with van der Waals surface area (Å²) in [5.74, 6) is 0.0313. The maximum atomic E-state index is 11.1. The molecule has 0 aromatic carbocycles. The summed E-state index contributed by atoms with van der Waals surface area (Å²) in [6, 6.07) is 0. The predicted octanol–water partition coefficient (Wildman–Crippen LogP) is 0.355. The maximum absolute atomic E-state index is 11.1. The lowest BCUT2D eigenvalue weighted by atomic mass is 10.3. The van der Waals surface area contributed by atoms with Crippen molar-refractivity contribution in [2.24, 2.45) is 0 Å². The number of carbonyl (C=O) groups is 1. The number of hydrogen-bond acceptors (Lipinski definition) is 4. The second kappa shape index (κ2) is 5.24. The van der Waals surface area contributed by atoms with E-state index in [9.17, 15) is 4.79 Å². The highest BCUT2D eigenvalue weighted by Crippen LogP contribution is 2.07. The topological polar surface area (TPSA) is 44.8 Å². The molecule has 1 saturated heterocycles. The first-order valence-corrected chi connectivity index (χ1v) is 4.15. The molecule has 0 saturated carbocycles. The van der Waals surface area contributed by atoms with Crippen LogP contribution in [0.2, 0.25) is 0 Å². The minimum absolute atomic E-state index is 0.0313. The fraction of sp³-hybridized carbons (Fsp3) is 0.875. The molecule has 0 aliphatic carbocycles. The van der Waals surface area contributed by atoms with Crippen molar-refractivity contribution in [1.82, 2.24) is 0 Å². The zero-order valence-corrected chi connectivity index (χ0v) is 7.25. The molecule has 1 rings (SSSR count). The fourth-order valence-electron chi connectivity index (χ4n) is 0.986. The molecule has 12 heavy (non-hydrogen) atoms. The number of Topliss-reactive ketones (excluding diaryl/α,β-unsaturated/α-hetero) is 1. The average molecular weight is 174 g/mol. The Bertz CT molecular complexity index is 140. The van der Waals surface area contributed by atoms with Crippen molar-refractivity contribution in [2.45, 2.75) is 19.6 Å². The summed E-state index contributed by atoms with van der Waals surface area (Å²) in [4.78, 5) is 11.1. The van der Waals surface area contributed by atoms with E-state index in [1.165, 1.54) is 0 Å². The van der Waals surface area contributed by atoms with Gasteiger partial charge in [-0.15, -0.1) is 0 Å². The van der Waals surface area contributed by atoms with Gasteiger partial charge in [0.1, 0.15) is 6.61 Å².